The van der Waals surface area contributed by atoms with Gasteiger partial charge in [-0.25, -0.2) is 4.68 Å². The SMILES string of the molecule is Cn1nccc1C(=O)Nc1ccc(-n2ncc3cc(NC(=O)c4ccc5[nH]ccc5c4)ccc32)cc1. The average molecular weight is 476 g/mol. The van der Waals surface area contributed by atoms with Gasteiger partial charge in [0.1, 0.15) is 5.69 Å². The van der Waals surface area contributed by atoms with Crippen molar-refractivity contribution in [2.75, 3.05) is 10.6 Å². The molecule has 0 fully saturated rings. The highest BCUT2D eigenvalue weighted by atomic mass is 16.2. The van der Waals surface area contributed by atoms with E-state index in [1.54, 1.807) is 31.6 Å². The highest BCUT2D eigenvalue weighted by molar-refractivity contribution is 6.07. The van der Waals surface area contributed by atoms with Crippen molar-refractivity contribution in [1.29, 1.82) is 0 Å². The lowest BCUT2D eigenvalue weighted by Crippen LogP contribution is -2.16. The Morgan fingerprint density at radius 1 is 0.806 bits per heavy atom. The van der Waals surface area contributed by atoms with Gasteiger partial charge in [-0.15, -0.1) is 0 Å². The van der Waals surface area contributed by atoms with Crippen LogP contribution in [0.15, 0.2) is 91.4 Å². The summed E-state index contributed by atoms with van der Waals surface area (Å²) in [6.45, 7) is 0. The van der Waals surface area contributed by atoms with Crippen molar-refractivity contribution >= 4 is 45.0 Å². The minimum atomic E-state index is -0.227. The number of hydrogen-bond donors (Lipinski definition) is 3. The van der Waals surface area contributed by atoms with Gasteiger partial charge >= 0.3 is 0 Å². The van der Waals surface area contributed by atoms with Crippen molar-refractivity contribution < 1.29 is 9.59 Å². The zero-order valence-corrected chi connectivity index (χ0v) is 19.3. The highest BCUT2D eigenvalue weighted by Gasteiger charge is 2.12. The van der Waals surface area contributed by atoms with Crippen molar-refractivity contribution in [1.82, 2.24) is 24.5 Å². The Bertz CT molecular complexity index is 1740. The number of aryl methyl sites for hydroxylation is 1. The predicted molar refractivity (Wildman–Crippen MR) is 138 cm³/mol. The van der Waals surface area contributed by atoms with Crippen LogP contribution in [0.1, 0.15) is 20.8 Å². The number of H-pyrrole nitrogens is 1. The molecule has 3 aromatic carbocycles. The Balaban J connectivity index is 1.19. The first-order valence-electron chi connectivity index (χ1n) is 11.3. The number of carbonyl (C=O) groups excluding carboxylic acids is 2. The van der Waals surface area contributed by atoms with E-state index in [9.17, 15) is 9.59 Å². The molecular weight excluding hydrogens is 454 g/mol. The van der Waals surface area contributed by atoms with Gasteiger partial charge in [-0.05, 0) is 72.8 Å². The topological polar surface area (TPSA) is 110 Å². The van der Waals surface area contributed by atoms with Crippen molar-refractivity contribution in [3.8, 4) is 5.69 Å². The fourth-order valence-electron chi connectivity index (χ4n) is 4.19. The molecule has 36 heavy (non-hydrogen) atoms. The van der Waals surface area contributed by atoms with Gasteiger partial charge in [0.05, 0.1) is 17.4 Å². The van der Waals surface area contributed by atoms with Gasteiger partial charge in [0.2, 0.25) is 0 Å². The fourth-order valence-corrected chi connectivity index (χ4v) is 4.19. The molecular formula is C27H21N7O2. The van der Waals surface area contributed by atoms with E-state index in [0.29, 0.717) is 22.6 Å². The summed E-state index contributed by atoms with van der Waals surface area (Å²) in [5.41, 5.74) is 5.16. The van der Waals surface area contributed by atoms with Crippen molar-refractivity contribution in [3.63, 3.8) is 0 Å². The molecule has 176 valence electrons. The summed E-state index contributed by atoms with van der Waals surface area (Å²) >= 11 is 0. The third-order valence-corrected chi connectivity index (χ3v) is 6.06. The van der Waals surface area contributed by atoms with Gasteiger partial charge in [-0.2, -0.15) is 10.2 Å². The molecule has 0 unspecified atom stereocenters. The smallest absolute Gasteiger partial charge is 0.273 e. The van der Waals surface area contributed by atoms with Crippen LogP contribution in [-0.2, 0) is 7.05 Å². The lowest BCUT2D eigenvalue weighted by Gasteiger charge is -2.09. The summed E-state index contributed by atoms with van der Waals surface area (Å²) in [7, 11) is 1.72. The zero-order chi connectivity index (χ0) is 24.6. The molecule has 3 N–H and O–H groups in total. The van der Waals surface area contributed by atoms with Crippen LogP contribution in [0.3, 0.4) is 0 Å². The van der Waals surface area contributed by atoms with Crippen molar-refractivity contribution in [2.24, 2.45) is 7.05 Å². The molecule has 2 amide bonds. The van der Waals surface area contributed by atoms with Crippen molar-refractivity contribution in [2.45, 2.75) is 0 Å². The monoisotopic (exact) mass is 475 g/mol. The molecule has 0 aliphatic heterocycles. The molecule has 0 aliphatic rings. The first-order chi connectivity index (χ1) is 17.5. The van der Waals surface area contributed by atoms with Gasteiger partial charge < -0.3 is 15.6 Å². The summed E-state index contributed by atoms with van der Waals surface area (Å²) < 4.78 is 3.34. The van der Waals surface area contributed by atoms with Gasteiger partial charge in [0.15, 0.2) is 0 Å². The standard InChI is InChI=1S/C27H21N7O2/c1-33-25(11-13-29-33)27(36)31-20-3-6-22(7-4-20)34-24-9-5-21(15-19(24)16-30-34)32-26(35)18-2-8-23-17(14-18)10-12-28-23/h2-16,28H,1H3,(H,31,36)(H,32,35). The molecule has 0 saturated heterocycles. The minimum Gasteiger partial charge on any atom is -0.361 e. The maximum Gasteiger partial charge on any atom is 0.273 e. The van der Waals surface area contributed by atoms with Crippen LogP contribution in [0.4, 0.5) is 11.4 Å². The van der Waals surface area contributed by atoms with E-state index in [2.05, 4.69) is 25.8 Å². The lowest BCUT2D eigenvalue weighted by atomic mass is 10.1. The van der Waals surface area contributed by atoms with Gasteiger partial charge in [-0.3, -0.25) is 14.3 Å². The first kappa shape index (κ1) is 21.4. The van der Waals surface area contributed by atoms with Crippen LogP contribution < -0.4 is 10.6 Å². The van der Waals surface area contributed by atoms with E-state index < -0.39 is 0 Å². The molecule has 0 bridgehead atoms. The van der Waals surface area contributed by atoms with E-state index in [-0.39, 0.29) is 11.8 Å². The number of fused-ring (bicyclic) bond motifs is 2. The average Bonchev–Trinajstić information content (AvgIpc) is 3.63. The predicted octanol–water partition coefficient (Wildman–Crippen LogP) is 4.74. The molecule has 0 radical (unpaired) electrons. The molecule has 9 heteroatoms. The molecule has 0 atom stereocenters. The Labute approximate surface area is 205 Å². The maximum absolute atomic E-state index is 12.8. The van der Waals surface area contributed by atoms with Gasteiger partial charge in [0.25, 0.3) is 11.8 Å². The molecule has 0 saturated carbocycles. The van der Waals surface area contributed by atoms with Crippen molar-refractivity contribution in [3.05, 3.63) is 103 Å². The third kappa shape index (κ3) is 3.88. The van der Waals surface area contributed by atoms with E-state index in [1.807, 2.05) is 71.5 Å². The van der Waals surface area contributed by atoms with Crippen LogP contribution in [-0.4, -0.2) is 36.4 Å². The largest absolute Gasteiger partial charge is 0.361 e. The second kappa shape index (κ2) is 8.55. The highest BCUT2D eigenvalue weighted by Crippen LogP contribution is 2.24. The number of benzene rings is 3. The van der Waals surface area contributed by atoms with Gasteiger partial charge in [-0.1, -0.05) is 0 Å². The fraction of sp³-hybridized carbons (Fsp3) is 0.0370. The number of nitrogens with one attached hydrogen (secondary N) is 3. The van der Waals surface area contributed by atoms with Gasteiger partial charge in [0, 0.05) is 52.7 Å². The number of carbonyl (C=O) groups is 2. The molecule has 0 aliphatic carbocycles. The van der Waals surface area contributed by atoms with Crippen LogP contribution in [0, 0.1) is 0 Å². The first-order valence-corrected chi connectivity index (χ1v) is 11.3. The Hall–Kier alpha value is -5.18. The lowest BCUT2D eigenvalue weighted by molar-refractivity contribution is 0.101. The van der Waals surface area contributed by atoms with Crippen LogP contribution in [0.5, 0.6) is 0 Å². The summed E-state index contributed by atoms with van der Waals surface area (Å²) in [6.07, 6.45) is 5.19. The molecule has 9 nitrogen and oxygen atoms in total. The zero-order valence-electron chi connectivity index (χ0n) is 19.3. The second-order valence-corrected chi connectivity index (χ2v) is 8.40. The second-order valence-electron chi connectivity index (χ2n) is 8.40. The number of anilines is 2. The number of aromatic nitrogens is 5. The molecule has 3 heterocycles. The van der Waals surface area contributed by atoms with Crippen LogP contribution in [0.25, 0.3) is 27.5 Å². The Morgan fingerprint density at radius 2 is 1.61 bits per heavy atom. The molecule has 0 spiro atoms. The van der Waals surface area contributed by atoms with E-state index in [1.165, 1.54) is 4.68 Å². The van der Waals surface area contributed by atoms with E-state index in [0.717, 1.165) is 27.5 Å². The summed E-state index contributed by atoms with van der Waals surface area (Å²) in [5, 5.41) is 16.3. The number of aromatic amines is 1. The maximum atomic E-state index is 12.8. The van der Waals surface area contributed by atoms with E-state index in [4.69, 9.17) is 0 Å². The summed E-state index contributed by atoms with van der Waals surface area (Å²) in [6, 6.07) is 22.3. The molecule has 3 aromatic heterocycles. The van der Waals surface area contributed by atoms with E-state index >= 15 is 0 Å². The number of hydrogen-bond acceptors (Lipinski definition) is 4. The Kier molecular flexibility index (Phi) is 5.07. The molecule has 6 aromatic rings. The minimum absolute atomic E-state index is 0.173. The van der Waals surface area contributed by atoms with Crippen LogP contribution >= 0.6 is 0 Å². The number of rotatable bonds is 5. The summed E-state index contributed by atoms with van der Waals surface area (Å²) in [5.74, 6) is -0.400. The number of nitrogens with zero attached hydrogens (tertiary/aromatic N) is 4. The van der Waals surface area contributed by atoms with Crippen LogP contribution in [0.2, 0.25) is 0 Å². The molecule has 6 rings (SSSR count). The quantitative estimate of drug-likeness (QED) is 0.334. The number of amides is 2. The normalized spacial score (nSPS) is 11.1. The summed E-state index contributed by atoms with van der Waals surface area (Å²) in [4.78, 5) is 28.3. The third-order valence-electron chi connectivity index (χ3n) is 6.06. The Morgan fingerprint density at radius 3 is 2.42 bits per heavy atom.